The van der Waals surface area contributed by atoms with Gasteiger partial charge in [-0.05, 0) is 24.3 Å². The molecule has 0 heterocycles. The summed E-state index contributed by atoms with van der Waals surface area (Å²) in [5.74, 6) is -4.43. The Morgan fingerprint density at radius 1 is 1.17 bits per heavy atom. The summed E-state index contributed by atoms with van der Waals surface area (Å²) >= 11 is 0. The number of hydrogen-bond donors (Lipinski definition) is 3. The van der Waals surface area contributed by atoms with Crippen molar-refractivity contribution in [3.63, 3.8) is 0 Å². The van der Waals surface area contributed by atoms with Gasteiger partial charge in [0.2, 0.25) is 5.91 Å². The molecule has 0 aliphatic rings. The van der Waals surface area contributed by atoms with Crippen LogP contribution in [0.4, 0.5) is 8.78 Å². The van der Waals surface area contributed by atoms with Gasteiger partial charge >= 0.3 is 0 Å². The third-order valence-corrected chi connectivity index (χ3v) is 2.24. The molecule has 1 rings (SSSR count). The average Bonchev–Trinajstić information content (AvgIpc) is 2.36. The topological polar surface area (TPSA) is 98.2 Å². The summed E-state index contributed by atoms with van der Waals surface area (Å²) in [5.41, 5.74) is 10.2. The highest BCUT2D eigenvalue weighted by Crippen LogP contribution is 2.09. The molecule has 0 bridgehead atoms. The lowest BCUT2D eigenvalue weighted by Crippen LogP contribution is -2.41. The Kier molecular flexibility index (Phi) is 4.33. The molecule has 2 amide bonds. The molecule has 0 saturated heterocycles. The molecular weight excluding hydrogens is 244 g/mol. The van der Waals surface area contributed by atoms with Gasteiger partial charge < -0.3 is 16.8 Å². The predicted octanol–water partition coefficient (Wildman–Crippen LogP) is 0.109. The van der Waals surface area contributed by atoms with Gasteiger partial charge in [-0.25, -0.2) is 8.78 Å². The Bertz CT molecular complexity index is 446. The Morgan fingerprint density at radius 3 is 2.11 bits per heavy atom. The van der Waals surface area contributed by atoms with Gasteiger partial charge in [-0.15, -0.1) is 0 Å². The Morgan fingerprint density at radius 2 is 1.67 bits per heavy atom. The third-order valence-electron chi connectivity index (χ3n) is 2.24. The second kappa shape index (κ2) is 5.54. The number of benzene rings is 1. The van der Waals surface area contributed by atoms with Crippen molar-refractivity contribution in [2.45, 2.75) is 5.92 Å². The van der Waals surface area contributed by atoms with Crippen molar-refractivity contribution >= 4 is 11.8 Å². The van der Waals surface area contributed by atoms with Crippen molar-refractivity contribution in [3.05, 3.63) is 35.4 Å². The number of hydrogen-bond acceptors (Lipinski definition) is 3. The van der Waals surface area contributed by atoms with E-state index in [1.165, 1.54) is 24.3 Å². The number of primary amides is 1. The van der Waals surface area contributed by atoms with Crippen LogP contribution in [0.5, 0.6) is 0 Å². The quantitative estimate of drug-likeness (QED) is 0.698. The highest BCUT2D eigenvalue weighted by Gasteiger charge is 2.27. The van der Waals surface area contributed by atoms with Crippen molar-refractivity contribution < 1.29 is 18.4 Å². The Labute approximate surface area is 102 Å². The molecule has 0 atom stereocenters. The molecule has 1 aromatic carbocycles. The zero-order chi connectivity index (χ0) is 13.8. The number of rotatable bonds is 5. The van der Waals surface area contributed by atoms with Crippen molar-refractivity contribution in [2.75, 3.05) is 13.1 Å². The minimum Gasteiger partial charge on any atom is -0.366 e. The summed E-state index contributed by atoms with van der Waals surface area (Å²) < 4.78 is 25.6. The van der Waals surface area contributed by atoms with Gasteiger partial charge in [-0.1, -0.05) is 0 Å². The van der Waals surface area contributed by atoms with E-state index >= 15 is 0 Å². The van der Waals surface area contributed by atoms with Gasteiger partial charge in [0.1, 0.15) is 0 Å². The standard InChI is InChI=1S/C11H13F2N3O2/c12-11(13,5-14)6-16-10(18)8-3-1-7(2-4-8)9(15)17/h1-4H,5-6,14H2,(H2,15,17)(H,16,18). The molecule has 0 aliphatic carbocycles. The van der Waals surface area contributed by atoms with E-state index < -0.39 is 30.8 Å². The van der Waals surface area contributed by atoms with Crippen LogP contribution < -0.4 is 16.8 Å². The molecule has 0 saturated carbocycles. The molecule has 0 aromatic heterocycles. The first-order chi connectivity index (χ1) is 8.35. The zero-order valence-corrected chi connectivity index (χ0v) is 9.45. The molecule has 0 unspecified atom stereocenters. The number of nitrogens with one attached hydrogen (secondary N) is 1. The fourth-order valence-electron chi connectivity index (χ4n) is 1.17. The fraction of sp³-hybridized carbons (Fsp3) is 0.273. The maximum Gasteiger partial charge on any atom is 0.277 e. The smallest absolute Gasteiger partial charge is 0.277 e. The summed E-state index contributed by atoms with van der Waals surface area (Å²) in [6.45, 7) is -1.67. The van der Waals surface area contributed by atoms with Gasteiger partial charge in [0.05, 0.1) is 13.1 Å². The number of nitrogens with two attached hydrogens (primary N) is 2. The molecule has 0 spiro atoms. The summed E-state index contributed by atoms with van der Waals surface area (Å²) in [6.07, 6.45) is 0. The number of alkyl halides is 2. The van der Waals surface area contributed by atoms with Gasteiger partial charge in [-0.3, -0.25) is 9.59 Å². The van der Waals surface area contributed by atoms with Crippen molar-refractivity contribution in [1.82, 2.24) is 5.32 Å². The van der Waals surface area contributed by atoms with E-state index in [2.05, 4.69) is 5.32 Å². The Balaban J connectivity index is 2.65. The summed E-state index contributed by atoms with van der Waals surface area (Å²) in [7, 11) is 0. The number of halogens is 2. The average molecular weight is 257 g/mol. The first-order valence-electron chi connectivity index (χ1n) is 5.12. The molecule has 0 radical (unpaired) electrons. The number of carbonyl (C=O) groups is 2. The Hall–Kier alpha value is -2.02. The summed E-state index contributed by atoms with van der Waals surface area (Å²) in [4.78, 5) is 22.3. The highest BCUT2D eigenvalue weighted by atomic mass is 19.3. The van der Waals surface area contributed by atoms with Gasteiger partial charge in [0.25, 0.3) is 11.8 Å². The van der Waals surface area contributed by atoms with Gasteiger partial charge in [-0.2, -0.15) is 0 Å². The minimum atomic E-state index is -3.14. The van der Waals surface area contributed by atoms with Crippen LogP contribution in [0.2, 0.25) is 0 Å². The summed E-state index contributed by atoms with van der Waals surface area (Å²) in [6, 6.07) is 5.35. The maximum atomic E-state index is 12.8. The maximum absolute atomic E-state index is 12.8. The lowest BCUT2D eigenvalue weighted by atomic mass is 10.1. The van der Waals surface area contributed by atoms with E-state index in [4.69, 9.17) is 11.5 Å². The molecule has 7 heteroatoms. The van der Waals surface area contributed by atoms with Gasteiger partial charge in [0.15, 0.2) is 0 Å². The monoisotopic (exact) mass is 257 g/mol. The normalized spacial score (nSPS) is 11.1. The van der Waals surface area contributed by atoms with E-state index in [1.54, 1.807) is 0 Å². The fourth-order valence-corrected chi connectivity index (χ4v) is 1.17. The molecule has 0 fully saturated rings. The molecule has 0 aliphatic heterocycles. The van der Waals surface area contributed by atoms with Crippen LogP contribution in [0.15, 0.2) is 24.3 Å². The molecule has 1 aromatic rings. The number of amides is 2. The molecule has 5 nitrogen and oxygen atoms in total. The third kappa shape index (κ3) is 3.77. The first-order valence-corrected chi connectivity index (χ1v) is 5.12. The number of carbonyl (C=O) groups excluding carboxylic acids is 2. The van der Waals surface area contributed by atoms with Crippen LogP contribution >= 0.6 is 0 Å². The largest absolute Gasteiger partial charge is 0.366 e. The van der Waals surface area contributed by atoms with E-state index in [0.29, 0.717) is 0 Å². The molecule has 5 N–H and O–H groups in total. The van der Waals surface area contributed by atoms with Crippen LogP contribution in [0, 0.1) is 0 Å². The molecular formula is C11H13F2N3O2. The van der Waals surface area contributed by atoms with Crippen LogP contribution in [0.3, 0.4) is 0 Å². The highest BCUT2D eigenvalue weighted by molar-refractivity contribution is 5.97. The van der Waals surface area contributed by atoms with E-state index in [9.17, 15) is 18.4 Å². The molecule has 18 heavy (non-hydrogen) atoms. The van der Waals surface area contributed by atoms with Crippen LogP contribution in [-0.2, 0) is 0 Å². The van der Waals surface area contributed by atoms with E-state index in [-0.39, 0.29) is 11.1 Å². The van der Waals surface area contributed by atoms with Crippen molar-refractivity contribution in [2.24, 2.45) is 11.5 Å². The lowest BCUT2D eigenvalue weighted by molar-refractivity contribution is 0.0118. The van der Waals surface area contributed by atoms with Crippen molar-refractivity contribution in [1.29, 1.82) is 0 Å². The van der Waals surface area contributed by atoms with E-state index in [1.807, 2.05) is 0 Å². The lowest BCUT2D eigenvalue weighted by Gasteiger charge is -2.14. The van der Waals surface area contributed by atoms with Crippen LogP contribution in [0.25, 0.3) is 0 Å². The SMILES string of the molecule is NCC(F)(F)CNC(=O)c1ccc(C(N)=O)cc1. The zero-order valence-electron chi connectivity index (χ0n) is 9.45. The first kappa shape index (κ1) is 14.0. The van der Waals surface area contributed by atoms with Crippen LogP contribution in [0.1, 0.15) is 20.7 Å². The minimum absolute atomic E-state index is 0.160. The molecule has 98 valence electrons. The van der Waals surface area contributed by atoms with Crippen LogP contribution in [-0.4, -0.2) is 30.8 Å². The second-order valence-corrected chi connectivity index (χ2v) is 3.68. The summed E-state index contributed by atoms with van der Waals surface area (Å²) in [5, 5.41) is 2.05. The van der Waals surface area contributed by atoms with Gasteiger partial charge in [0, 0.05) is 11.1 Å². The van der Waals surface area contributed by atoms with E-state index in [0.717, 1.165) is 0 Å². The second-order valence-electron chi connectivity index (χ2n) is 3.68. The van der Waals surface area contributed by atoms with Crippen molar-refractivity contribution in [3.8, 4) is 0 Å². The predicted molar refractivity (Wildman–Crippen MR) is 61.3 cm³/mol.